The summed E-state index contributed by atoms with van der Waals surface area (Å²) in [7, 11) is 0. The highest BCUT2D eigenvalue weighted by molar-refractivity contribution is 5.95. The molecule has 0 fully saturated rings. The van der Waals surface area contributed by atoms with Crippen LogP contribution in [0, 0.1) is 0 Å². The highest BCUT2D eigenvalue weighted by atomic mass is 16.4. The third kappa shape index (κ3) is 10.2. The van der Waals surface area contributed by atoms with E-state index in [1.165, 1.54) is 0 Å². The van der Waals surface area contributed by atoms with Gasteiger partial charge in [0.25, 0.3) is 0 Å². The molecule has 1 rings (SSSR count). The van der Waals surface area contributed by atoms with Crippen molar-refractivity contribution in [1.29, 1.82) is 0 Å². The fourth-order valence-corrected chi connectivity index (χ4v) is 2.78. The maximum Gasteiger partial charge on any atom is 0.326 e. The van der Waals surface area contributed by atoms with Crippen LogP contribution in [0.15, 0.2) is 30.3 Å². The van der Waals surface area contributed by atoms with Gasteiger partial charge >= 0.3 is 11.9 Å². The number of amides is 4. The molecule has 180 valence electrons. The van der Waals surface area contributed by atoms with Gasteiger partial charge in [-0.05, 0) is 12.0 Å². The average Bonchev–Trinajstić information content (AvgIpc) is 2.75. The third-order valence-corrected chi connectivity index (χ3v) is 4.43. The summed E-state index contributed by atoms with van der Waals surface area (Å²) >= 11 is 0. The molecule has 0 aliphatic carbocycles. The van der Waals surface area contributed by atoms with E-state index in [0.717, 1.165) is 0 Å². The Morgan fingerprint density at radius 1 is 0.848 bits per heavy atom. The standard InChI is InChI=1S/C20H27N5O8/c21-10-16(27)23-14(9-17(28)29)19(31)25-13(8-11-4-2-1-3-5-11)18(30)24-12(20(32)33)6-7-15(22)26/h1-5,12-14H,6-10,21H2,(H2,22,26)(H,23,27)(H,24,30)(H,25,31)(H,28,29)(H,32,33). The van der Waals surface area contributed by atoms with Crippen LogP contribution in [-0.2, 0) is 35.2 Å². The predicted octanol–water partition coefficient (Wildman–Crippen LogP) is -2.53. The highest BCUT2D eigenvalue weighted by Crippen LogP contribution is 2.06. The van der Waals surface area contributed by atoms with Gasteiger partial charge in [-0.3, -0.25) is 24.0 Å². The second kappa shape index (κ2) is 13.4. The van der Waals surface area contributed by atoms with Crippen molar-refractivity contribution >= 4 is 35.6 Å². The number of carbonyl (C=O) groups excluding carboxylic acids is 4. The number of rotatable bonds is 14. The average molecular weight is 465 g/mol. The summed E-state index contributed by atoms with van der Waals surface area (Å²) in [5.41, 5.74) is 10.8. The first-order chi connectivity index (χ1) is 15.5. The van der Waals surface area contributed by atoms with Crippen LogP contribution in [0.4, 0.5) is 0 Å². The van der Waals surface area contributed by atoms with Crippen LogP contribution in [0.2, 0.25) is 0 Å². The lowest BCUT2D eigenvalue weighted by molar-refractivity contribution is -0.143. The van der Waals surface area contributed by atoms with Crippen molar-refractivity contribution in [3.05, 3.63) is 35.9 Å². The predicted molar refractivity (Wildman–Crippen MR) is 113 cm³/mol. The summed E-state index contributed by atoms with van der Waals surface area (Å²) in [5.74, 6) is -6.18. The second-order valence-corrected chi connectivity index (χ2v) is 7.08. The van der Waals surface area contributed by atoms with Crippen molar-refractivity contribution in [1.82, 2.24) is 16.0 Å². The van der Waals surface area contributed by atoms with Gasteiger partial charge in [0.1, 0.15) is 18.1 Å². The number of hydrogen-bond donors (Lipinski definition) is 7. The van der Waals surface area contributed by atoms with E-state index in [1.807, 2.05) is 0 Å². The van der Waals surface area contributed by atoms with Gasteiger partial charge in [0.05, 0.1) is 13.0 Å². The molecule has 9 N–H and O–H groups in total. The number of hydrogen-bond acceptors (Lipinski definition) is 7. The molecule has 1 aromatic rings. The molecule has 13 heteroatoms. The first-order valence-corrected chi connectivity index (χ1v) is 9.90. The molecule has 0 aliphatic heterocycles. The number of benzene rings is 1. The number of carboxylic acid groups (broad SMARTS) is 2. The van der Waals surface area contributed by atoms with E-state index in [-0.39, 0.29) is 19.3 Å². The quantitative estimate of drug-likeness (QED) is 0.153. The molecule has 0 heterocycles. The van der Waals surface area contributed by atoms with Crippen LogP contribution in [-0.4, -0.2) is 70.5 Å². The van der Waals surface area contributed by atoms with Crippen LogP contribution in [0.1, 0.15) is 24.8 Å². The lowest BCUT2D eigenvalue weighted by atomic mass is 10.0. The molecule has 0 radical (unpaired) electrons. The monoisotopic (exact) mass is 465 g/mol. The zero-order valence-corrected chi connectivity index (χ0v) is 17.7. The minimum Gasteiger partial charge on any atom is -0.481 e. The number of primary amides is 1. The molecular formula is C20H27N5O8. The Morgan fingerprint density at radius 2 is 1.42 bits per heavy atom. The summed E-state index contributed by atoms with van der Waals surface area (Å²) in [6.45, 7) is -0.489. The maximum absolute atomic E-state index is 12.8. The Labute approximate surface area is 188 Å². The van der Waals surface area contributed by atoms with Gasteiger partial charge in [0.15, 0.2) is 0 Å². The van der Waals surface area contributed by atoms with Gasteiger partial charge in [-0.15, -0.1) is 0 Å². The zero-order valence-electron chi connectivity index (χ0n) is 17.7. The fourth-order valence-electron chi connectivity index (χ4n) is 2.78. The van der Waals surface area contributed by atoms with E-state index < -0.39 is 66.7 Å². The van der Waals surface area contributed by atoms with Crippen LogP contribution in [0.3, 0.4) is 0 Å². The van der Waals surface area contributed by atoms with Gasteiger partial charge in [-0.2, -0.15) is 0 Å². The first-order valence-electron chi connectivity index (χ1n) is 9.90. The molecule has 0 aromatic heterocycles. The van der Waals surface area contributed by atoms with Crippen molar-refractivity contribution in [3.63, 3.8) is 0 Å². The van der Waals surface area contributed by atoms with E-state index in [0.29, 0.717) is 5.56 Å². The van der Waals surface area contributed by atoms with Crippen molar-refractivity contribution in [2.75, 3.05) is 6.54 Å². The first kappa shape index (κ1) is 27.0. The molecule has 0 saturated heterocycles. The van der Waals surface area contributed by atoms with Gasteiger partial charge in [0.2, 0.25) is 23.6 Å². The molecule has 0 saturated carbocycles. The molecule has 1 aromatic carbocycles. The number of nitrogens with two attached hydrogens (primary N) is 2. The molecular weight excluding hydrogens is 438 g/mol. The van der Waals surface area contributed by atoms with E-state index in [9.17, 15) is 33.9 Å². The highest BCUT2D eigenvalue weighted by Gasteiger charge is 2.30. The molecule has 4 amide bonds. The molecule has 3 unspecified atom stereocenters. The van der Waals surface area contributed by atoms with Gasteiger partial charge in [-0.1, -0.05) is 30.3 Å². The van der Waals surface area contributed by atoms with E-state index >= 15 is 0 Å². The summed E-state index contributed by atoms with van der Waals surface area (Å²) in [4.78, 5) is 70.6. The van der Waals surface area contributed by atoms with E-state index in [4.69, 9.17) is 16.6 Å². The van der Waals surface area contributed by atoms with Crippen LogP contribution < -0.4 is 27.4 Å². The fraction of sp³-hybridized carbons (Fsp3) is 0.400. The number of nitrogens with one attached hydrogen (secondary N) is 3. The number of carbonyl (C=O) groups is 6. The molecule has 0 aliphatic rings. The summed E-state index contributed by atoms with van der Waals surface area (Å²) < 4.78 is 0. The minimum absolute atomic E-state index is 0.0643. The zero-order chi connectivity index (χ0) is 25.0. The molecule has 13 nitrogen and oxygen atoms in total. The Morgan fingerprint density at radius 3 is 1.94 bits per heavy atom. The lowest BCUT2D eigenvalue weighted by Gasteiger charge is -2.24. The Hall–Kier alpha value is -4.00. The Balaban J connectivity index is 3.08. The van der Waals surface area contributed by atoms with Gasteiger partial charge in [0, 0.05) is 12.8 Å². The maximum atomic E-state index is 12.8. The number of aliphatic carboxylic acids is 2. The normalized spacial score (nSPS) is 13.1. The van der Waals surface area contributed by atoms with E-state index in [2.05, 4.69) is 16.0 Å². The summed E-state index contributed by atoms with van der Waals surface area (Å²) in [5, 5.41) is 25.1. The summed E-state index contributed by atoms with van der Waals surface area (Å²) in [6, 6.07) is 4.15. The number of carboxylic acids is 2. The van der Waals surface area contributed by atoms with E-state index in [1.54, 1.807) is 30.3 Å². The third-order valence-electron chi connectivity index (χ3n) is 4.43. The van der Waals surface area contributed by atoms with Crippen LogP contribution >= 0.6 is 0 Å². The topological polar surface area (TPSA) is 231 Å². The molecule has 3 atom stereocenters. The largest absolute Gasteiger partial charge is 0.481 e. The SMILES string of the molecule is NCC(=O)NC(CC(=O)O)C(=O)NC(Cc1ccccc1)C(=O)NC(CCC(N)=O)C(=O)O. The lowest BCUT2D eigenvalue weighted by Crippen LogP contribution is -2.57. The van der Waals surface area contributed by atoms with Crippen LogP contribution in [0.25, 0.3) is 0 Å². The van der Waals surface area contributed by atoms with Gasteiger partial charge in [-0.25, -0.2) is 4.79 Å². The van der Waals surface area contributed by atoms with Gasteiger partial charge < -0.3 is 37.6 Å². The Kier molecular flexibility index (Phi) is 11.0. The van der Waals surface area contributed by atoms with Crippen molar-refractivity contribution in [3.8, 4) is 0 Å². The molecule has 0 bridgehead atoms. The van der Waals surface area contributed by atoms with Crippen molar-refractivity contribution < 1.29 is 39.0 Å². The minimum atomic E-state index is -1.52. The summed E-state index contributed by atoms with van der Waals surface area (Å²) in [6.07, 6.45) is -1.39. The second-order valence-electron chi connectivity index (χ2n) is 7.08. The molecule has 33 heavy (non-hydrogen) atoms. The molecule has 0 spiro atoms. The van der Waals surface area contributed by atoms with Crippen molar-refractivity contribution in [2.24, 2.45) is 11.5 Å². The van der Waals surface area contributed by atoms with Crippen LogP contribution in [0.5, 0.6) is 0 Å². The smallest absolute Gasteiger partial charge is 0.326 e. The Bertz CT molecular complexity index is 876. The van der Waals surface area contributed by atoms with Crippen molar-refractivity contribution in [2.45, 2.75) is 43.8 Å².